The van der Waals surface area contributed by atoms with Crippen LogP contribution in [0.4, 0.5) is 0 Å². The number of rotatable bonds is 4. The SMILES string of the molecule is Cc1ccc(C23C[C@H]4C[C@@H](CC(C(=O)CN5CCCC5)(C4)C2)C3)cc1. The van der Waals surface area contributed by atoms with Gasteiger partial charge < -0.3 is 0 Å². The summed E-state index contributed by atoms with van der Waals surface area (Å²) in [7, 11) is 0. The van der Waals surface area contributed by atoms with Crippen LogP contribution < -0.4 is 0 Å². The average molecular weight is 338 g/mol. The zero-order chi connectivity index (χ0) is 17.1. The van der Waals surface area contributed by atoms with Crippen LogP contribution in [0.15, 0.2) is 24.3 Å². The molecule has 1 saturated heterocycles. The Hall–Kier alpha value is -1.15. The Kier molecular flexibility index (Phi) is 3.64. The van der Waals surface area contributed by atoms with E-state index in [1.165, 1.54) is 56.1 Å². The fourth-order valence-corrected chi connectivity index (χ4v) is 7.15. The minimum Gasteiger partial charge on any atom is -0.298 e. The van der Waals surface area contributed by atoms with Gasteiger partial charge in [0.25, 0.3) is 0 Å². The molecule has 2 nitrogen and oxygen atoms in total. The van der Waals surface area contributed by atoms with Gasteiger partial charge in [-0.2, -0.15) is 0 Å². The number of hydrogen-bond donors (Lipinski definition) is 0. The first-order valence-electron chi connectivity index (χ1n) is 10.4. The van der Waals surface area contributed by atoms with E-state index in [9.17, 15) is 4.79 Å². The maximum absolute atomic E-state index is 13.4. The third kappa shape index (κ3) is 2.60. The number of carbonyl (C=O) groups is 1. The largest absolute Gasteiger partial charge is 0.298 e. The lowest BCUT2D eigenvalue weighted by Crippen LogP contribution is -2.58. The van der Waals surface area contributed by atoms with Gasteiger partial charge in [-0.1, -0.05) is 29.8 Å². The normalized spacial score (nSPS) is 39.9. The maximum Gasteiger partial charge on any atom is 0.153 e. The van der Waals surface area contributed by atoms with Gasteiger partial charge >= 0.3 is 0 Å². The van der Waals surface area contributed by atoms with Crippen molar-refractivity contribution in [3.05, 3.63) is 35.4 Å². The Morgan fingerprint density at radius 1 is 1.04 bits per heavy atom. The molecule has 0 unspecified atom stereocenters. The minimum absolute atomic E-state index is 0.00242. The van der Waals surface area contributed by atoms with E-state index < -0.39 is 0 Å². The molecule has 0 spiro atoms. The molecule has 6 rings (SSSR count). The Bertz CT molecular complexity index is 656. The Morgan fingerprint density at radius 3 is 2.32 bits per heavy atom. The molecule has 2 atom stereocenters. The van der Waals surface area contributed by atoms with E-state index in [4.69, 9.17) is 0 Å². The molecule has 4 aliphatic carbocycles. The molecule has 0 radical (unpaired) electrons. The van der Waals surface area contributed by atoms with Crippen LogP contribution in [-0.2, 0) is 10.2 Å². The van der Waals surface area contributed by atoms with Crippen molar-refractivity contribution in [1.82, 2.24) is 4.90 Å². The van der Waals surface area contributed by atoms with Crippen molar-refractivity contribution >= 4 is 5.78 Å². The number of Topliss-reactive ketones (excluding diaryl/α,β-unsaturated/α-hetero) is 1. The highest BCUT2D eigenvalue weighted by molar-refractivity contribution is 5.87. The van der Waals surface area contributed by atoms with Crippen molar-refractivity contribution in [2.24, 2.45) is 17.3 Å². The quantitative estimate of drug-likeness (QED) is 0.806. The lowest BCUT2D eigenvalue weighted by atomic mass is 9.42. The van der Waals surface area contributed by atoms with Gasteiger partial charge in [0.15, 0.2) is 5.78 Å². The lowest BCUT2D eigenvalue weighted by molar-refractivity contribution is -0.147. The first kappa shape index (κ1) is 16.1. The summed E-state index contributed by atoms with van der Waals surface area (Å²) in [6, 6.07) is 9.27. The summed E-state index contributed by atoms with van der Waals surface area (Å²) in [5.74, 6) is 2.15. The number of ketones is 1. The molecule has 1 aromatic rings. The molecule has 5 aliphatic rings. The van der Waals surface area contributed by atoms with Crippen LogP contribution in [0.1, 0.15) is 62.5 Å². The van der Waals surface area contributed by atoms with E-state index in [1.54, 1.807) is 0 Å². The predicted octanol–water partition coefficient (Wildman–Crippen LogP) is 4.50. The van der Waals surface area contributed by atoms with Crippen molar-refractivity contribution < 1.29 is 4.79 Å². The lowest BCUT2D eigenvalue weighted by Gasteiger charge is -2.62. The van der Waals surface area contributed by atoms with Crippen LogP contribution in [0, 0.1) is 24.2 Å². The van der Waals surface area contributed by atoms with Crippen molar-refractivity contribution in [2.45, 2.75) is 63.7 Å². The summed E-state index contributed by atoms with van der Waals surface area (Å²) in [5, 5.41) is 0. The van der Waals surface area contributed by atoms with Crippen molar-refractivity contribution in [3.8, 4) is 0 Å². The second kappa shape index (κ2) is 5.67. The smallest absolute Gasteiger partial charge is 0.153 e. The molecule has 1 aromatic carbocycles. The summed E-state index contributed by atoms with van der Waals surface area (Å²) < 4.78 is 0. The van der Waals surface area contributed by atoms with Gasteiger partial charge in [-0.05, 0) is 94.2 Å². The number of carbonyl (C=O) groups excluding carboxylic acids is 1. The highest BCUT2D eigenvalue weighted by Crippen LogP contribution is 2.66. The van der Waals surface area contributed by atoms with E-state index in [0.717, 1.165) is 37.9 Å². The van der Waals surface area contributed by atoms with Crippen molar-refractivity contribution in [3.63, 3.8) is 0 Å². The second-order valence-electron chi connectivity index (χ2n) is 9.79. The summed E-state index contributed by atoms with van der Waals surface area (Å²) in [4.78, 5) is 15.9. The minimum atomic E-state index is -0.00242. The van der Waals surface area contributed by atoms with E-state index in [-0.39, 0.29) is 5.41 Å². The molecule has 0 N–H and O–H groups in total. The summed E-state index contributed by atoms with van der Waals surface area (Å²) in [5.41, 5.74) is 3.15. The predicted molar refractivity (Wildman–Crippen MR) is 101 cm³/mol. The number of likely N-dealkylation sites (tertiary alicyclic amines) is 1. The second-order valence-corrected chi connectivity index (χ2v) is 9.79. The van der Waals surface area contributed by atoms with E-state index in [0.29, 0.717) is 11.2 Å². The molecular weight excluding hydrogens is 306 g/mol. The molecular formula is C23H31NO. The number of nitrogens with zero attached hydrogens (tertiary/aromatic N) is 1. The van der Waals surface area contributed by atoms with Gasteiger partial charge in [-0.25, -0.2) is 0 Å². The number of aryl methyl sites for hydroxylation is 1. The topological polar surface area (TPSA) is 20.3 Å². The van der Waals surface area contributed by atoms with Crippen molar-refractivity contribution in [2.75, 3.05) is 19.6 Å². The standard InChI is InChI=1S/C23H31NO/c1-17-4-6-20(7-5-17)22-11-18-10-19(12-22)14-23(13-18,16-22)21(25)15-24-8-2-3-9-24/h4-7,18-19H,2-3,8-16H2,1H3/t18-,19-,22?,23?/m1/s1. The number of benzene rings is 1. The molecule has 2 heteroatoms. The summed E-state index contributed by atoms with van der Waals surface area (Å²) in [6.07, 6.45) is 10.1. The van der Waals surface area contributed by atoms with Crippen LogP contribution >= 0.6 is 0 Å². The van der Waals surface area contributed by atoms with Crippen LogP contribution in [0.25, 0.3) is 0 Å². The van der Waals surface area contributed by atoms with Crippen molar-refractivity contribution in [1.29, 1.82) is 0 Å². The monoisotopic (exact) mass is 337 g/mol. The third-order valence-corrected chi connectivity index (χ3v) is 7.88. The summed E-state index contributed by atoms with van der Waals surface area (Å²) in [6.45, 7) is 5.17. The maximum atomic E-state index is 13.4. The Balaban J connectivity index is 1.45. The van der Waals surface area contributed by atoms with Crippen LogP contribution in [-0.4, -0.2) is 30.3 Å². The first-order chi connectivity index (χ1) is 12.1. The Morgan fingerprint density at radius 2 is 1.68 bits per heavy atom. The highest BCUT2D eigenvalue weighted by Gasteiger charge is 2.60. The molecule has 1 heterocycles. The molecule has 0 aromatic heterocycles. The summed E-state index contributed by atoms with van der Waals surface area (Å²) >= 11 is 0. The van der Waals surface area contributed by atoms with Gasteiger partial charge in [0.2, 0.25) is 0 Å². The van der Waals surface area contributed by atoms with Crippen LogP contribution in [0.3, 0.4) is 0 Å². The molecule has 4 bridgehead atoms. The van der Waals surface area contributed by atoms with E-state index >= 15 is 0 Å². The van der Waals surface area contributed by atoms with E-state index in [2.05, 4.69) is 36.1 Å². The Labute approximate surface area is 152 Å². The molecule has 25 heavy (non-hydrogen) atoms. The van der Waals surface area contributed by atoms with Gasteiger partial charge in [0.1, 0.15) is 0 Å². The molecule has 4 saturated carbocycles. The van der Waals surface area contributed by atoms with E-state index in [1.807, 2.05) is 0 Å². The molecule has 134 valence electrons. The fraction of sp³-hybridized carbons (Fsp3) is 0.696. The zero-order valence-corrected chi connectivity index (χ0v) is 15.6. The van der Waals surface area contributed by atoms with Gasteiger partial charge in [0, 0.05) is 5.41 Å². The molecule has 0 amide bonds. The highest BCUT2D eigenvalue weighted by atomic mass is 16.1. The van der Waals surface area contributed by atoms with Crippen LogP contribution in [0.5, 0.6) is 0 Å². The zero-order valence-electron chi connectivity index (χ0n) is 15.6. The molecule has 5 fully saturated rings. The van der Waals surface area contributed by atoms with Crippen LogP contribution in [0.2, 0.25) is 0 Å². The van der Waals surface area contributed by atoms with Gasteiger partial charge in [-0.15, -0.1) is 0 Å². The van der Waals surface area contributed by atoms with Gasteiger partial charge in [0.05, 0.1) is 6.54 Å². The number of hydrogen-bond acceptors (Lipinski definition) is 2. The molecule has 1 aliphatic heterocycles. The first-order valence-corrected chi connectivity index (χ1v) is 10.4. The average Bonchev–Trinajstić information content (AvgIpc) is 3.07. The fourth-order valence-electron chi connectivity index (χ4n) is 7.15. The third-order valence-electron chi connectivity index (χ3n) is 7.88. The van der Waals surface area contributed by atoms with Gasteiger partial charge in [-0.3, -0.25) is 9.69 Å².